The average Bonchev–Trinajstić information content (AvgIpc) is 4.02. The molecule has 4 atom stereocenters. The summed E-state index contributed by atoms with van der Waals surface area (Å²) in [6.45, 7) is 10.2. The lowest BCUT2D eigenvalue weighted by Gasteiger charge is -2.33. The summed E-state index contributed by atoms with van der Waals surface area (Å²) in [5.74, 6) is 0.811. The third-order valence-corrected chi connectivity index (χ3v) is 11.9. The molecule has 15 nitrogen and oxygen atoms in total. The Hall–Kier alpha value is -5.70. The van der Waals surface area contributed by atoms with Gasteiger partial charge in [-0.1, -0.05) is 52.0 Å². The number of carboxylic acid groups (broad SMARTS) is 1. The van der Waals surface area contributed by atoms with Crippen molar-refractivity contribution in [1.29, 1.82) is 0 Å². The van der Waals surface area contributed by atoms with Gasteiger partial charge in [0.15, 0.2) is 0 Å². The number of carbonyl (C=O) groups is 4. The van der Waals surface area contributed by atoms with E-state index in [0.717, 1.165) is 83.1 Å². The van der Waals surface area contributed by atoms with Gasteiger partial charge in [-0.25, -0.2) is 19.6 Å². The van der Waals surface area contributed by atoms with Gasteiger partial charge in [0, 0.05) is 33.2 Å². The summed E-state index contributed by atoms with van der Waals surface area (Å²) in [6, 6.07) is 11.0. The molecule has 4 N–H and O–H groups in total. The molecule has 2 saturated heterocycles. The van der Waals surface area contributed by atoms with Gasteiger partial charge < -0.3 is 34.9 Å². The highest BCUT2D eigenvalue weighted by Crippen LogP contribution is 2.39. The maximum atomic E-state index is 13.7. The van der Waals surface area contributed by atoms with Crippen LogP contribution in [0.3, 0.4) is 0 Å². The van der Waals surface area contributed by atoms with Gasteiger partial charge in [0.25, 0.3) is 0 Å². The Bertz CT molecular complexity index is 2180. The number of ether oxygens (including phenoxy) is 1. The van der Waals surface area contributed by atoms with Crippen LogP contribution in [-0.2, 0) is 27.4 Å². The second-order valence-corrected chi connectivity index (χ2v) is 16.6. The van der Waals surface area contributed by atoms with E-state index in [1.165, 1.54) is 25.3 Å². The summed E-state index contributed by atoms with van der Waals surface area (Å²) >= 11 is 0. The molecule has 2 aromatic carbocycles. The number of methoxy groups -OCH3 is 1. The molecule has 7 rings (SSSR count). The zero-order valence-corrected chi connectivity index (χ0v) is 34.4. The zero-order chi connectivity index (χ0) is 41.4. The van der Waals surface area contributed by atoms with Crippen molar-refractivity contribution in [3.63, 3.8) is 0 Å². The van der Waals surface area contributed by atoms with E-state index < -0.39 is 24.3 Å². The number of alkyl carbamates (subject to hydrolysis) is 1. The van der Waals surface area contributed by atoms with E-state index in [0.29, 0.717) is 18.9 Å². The number of nitrogens with zero attached hydrogens (tertiary/aromatic N) is 6. The highest BCUT2D eigenvalue weighted by Gasteiger charge is 2.40. The second-order valence-electron chi connectivity index (χ2n) is 16.6. The molecule has 3 aliphatic heterocycles. The Morgan fingerprint density at radius 2 is 1.31 bits per heavy atom. The van der Waals surface area contributed by atoms with Crippen molar-refractivity contribution < 1.29 is 29.0 Å². The molecular formula is C43H55N9O6. The first-order valence-electron chi connectivity index (χ1n) is 20.2. The van der Waals surface area contributed by atoms with Crippen molar-refractivity contribution >= 4 is 24.0 Å². The molecule has 2 aromatic heterocycles. The number of H-pyrrole nitrogens is 2. The monoisotopic (exact) mass is 793 g/mol. The number of carbonyl (C=O) groups excluding carboxylic acids is 3. The third-order valence-electron chi connectivity index (χ3n) is 11.9. The van der Waals surface area contributed by atoms with E-state index in [4.69, 9.17) is 14.7 Å². The van der Waals surface area contributed by atoms with Crippen molar-refractivity contribution in [2.45, 2.75) is 90.6 Å². The molecule has 308 valence electrons. The predicted molar refractivity (Wildman–Crippen MR) is 218 cm³/mol. The van der Waals surface area contributed by atoms with Crippen molar-refractivity contribution in [3.8, 4) is 33.6 Å². The molecule has 5 heterocycles. The molecule has 15 heteroatoms. The summed E-state index contributed by atoms with van der Waals surface area (Å²) < 4.78 is 4.78. The first kappa shape index (κ1) is 40.5. The highest BCUT2D eigenvalue weighted by atomic mass is 16.5. The Morgan fingerprint density at radius 1 is 0.810 bits per heavy atom. The lowest BCUT2D eigenvalue weighted by atomic mass is 9.93. The smallest absolute Gasteiger partial charge is 0.407 e. The third kappa shape index (κ3) is 7.91. The SMILES string of the molecule is COC(=O)N[C@H](C(=O)N1CCCC1c1ncc(-c2ccc3c(c2)CN(C)Cc2cc(-c4cnc([C@@H]5CCCN5C(=O)[C@H](C(C)C)N(C)C(=O)O)[nH]4)ccc2-3)[nH]1)C(C)C. The van der Waals surface area contributed by atoms with Crippen molar-refractivity contribution in [1.82, 2.24) is 44.9 Å². The fourth-order valence-corrected chi connectivity index (χ4v) is 8.95. The number of benzene rings is 2. The maximum Gasteiger partial charge on any atom is 0.407 e. The topological polar surface area (TPSA) is 180 Å². The van der Waals surface area contributed by atoms with Gasteiger partial charge in [0.1, 0.15) is 23.7 Å². The largest absolute Gasteiger partial charge is 0.465 e. The Labute approximate surface area is 339 Å². The summed E-state index contributed by atoms with van der Waals surface area (Å²) in [5.41, 5.74) is 8.44. The summed E-state index contributed by atoms with van der Waals surface area (Å²) in [5, 5.41) is 12.4. The Kier molecular flexibility index (Phi) is 11.6. The first-order chi connectivity index (χ1) is 27.7. The molecule has 1 unspecified atom stereocenters. The van der Waals surface area contributed by atoms with Crippen LogP contribution in [0.5, 0.6) is 0 Å². The lowest BCUT2D eigenvalue weighted by molar-refractivity contribution is -0.138. The molecule has 0 aliphatic carbocycles. The number of amides is 4. The summed E-state index contributed by atoms with van der Waals surface area (Å²) in [7, 11) is 4.86. The van der Waals surface area contributed by atoms with Gasteiger partial charge in [-0.3, -0.25) is 19.4 Å². The number of nitrogens with one attached hydrogen (secondary N) is 3. The molecule has 4 aromatic rings. The van der Waals surface area contributed by atoms with Gasteiger partial charge in [-0.2, -0.15) is 0 Å². The number of likely N-dealkylation sites (tertiary alicyclic amines) is 2. The van der Waals surface area contributed by atoms with E-state index in [9.17, 15) is 24.3 Å². The lowest BCUT2D eigenvalue weighted by Crippen LogP contribution is -2.51. The summed E-state index contributed by atoms with van der Waals surface area (Å²) in [6.07, 6.45) is 5.10. The average molecular weight is 794 g/mol. The number of fused-ring (bicyclic) bond motifs is 3. The van der Waals surface area contributed by atoms with Crippen LogP contribution in [0.15, 0.2) is 48.8 Å². The van der Waals surface area contributed by atoms with Crippen LogP contribution in [0.2, 0.25) is 0 Å². The maximum absolute atomic E-state index is 13.7. The first-order valence-corrected chi connectivity index (χ1v) is 20.2. The molecule has 0 radical (unpaired) electrons. The highest BCUT2D eigenvalue weighted by molar-refractivity contribution is 5.87. The Balaban J connectivity index is 1.10. The van der Waals surface area contributed by atoms with Crippen LogP contribution in [0.25, 0.3) is 33.6 Å². The minimum absolute atomic E-state index is 0.112. The molecule has 3 aliphatic rings. The fourth-order valence-electron chi connectivity index (χ4n) is 8.95. The molecule has 58 heavy (non-hydrogen) atoms. The van der Waals surface area contributed by atoms with Crippen molar-refractivity contribution in [2.75, 3.05) is 34.3 Å². The van der Waals surface area contributed by atoms with E-state index in [-0.39, 0.29) is 35.7 Å². The number of hydrogen-bond donors (Lipinski definition) is 4. The van der Waals surface area contributed by atoms with Gasteiger partial charge in [-0.05, 0) is 90.1 Å². The van der Waals surface area contributed by atoms with Gasteiger partial charge in [0.05, 0.1) is 43.0 Å². The van der Waals surface area contributed by atoms with E-state index >= 15 is 0 Å². The number of imidazole rings is 2. The van der Waals surface area contributed by atoms with Crippen LogP contribution in [0.1, 0.15) is 88.2 Å². The predicted octanol–water partition coefficient (Wildman–Crippen LogP) is 6.42. The molecule has 4 amide bonds. The van der Waals surface area contributed by atoms with Crippen LogP contribution in [0, 0.1) is 11.8 Å². The van der Waals surface area contributed by atoms with Gasteiger partial charge >= 0.3 is 12.2 Å². The van der Waals surface area contributed by atoms with Crippen LogP contribution < -0.4 is 5.32 Å². The normalized spacial score (nSPS) is 19.1. The molecular weight excluding hydrogens is 739 g/mol. The summed E-state index contributed by atoms with van der Waals surface area (Å²) in [4.78, 5) is 74.7. The fraction of sp³-hybridized carbons (Fsp3) is 0.488. The van der Waals surface area contributed by atoms with Crippen molar-refractivity contribution in [2.24, 2.45) is 11.8 Å². The van der Waals surface area contributed by atoms with Crippen molar-refractivity contribution in [3.05, 3.63) is 71.6 Å². The second kappa shape index (κ2) is 16.6. The number of rotatable bonds is 10. The minimum Gasteiger partial charge on any atom is -0.465 e. The van der Waals surface area contributed by atoms with Crippen LogP contribution in [0.4, 0.5) is 9.59 Å². The van der Waals surface area contributed by atoms with Gasteiger partial charge in [-0.15, -0.1) is 0 Å². The molecule has 0 saturated carbocycles. The Morgan fingerprint density at radius 3 is 1.76 bits per heavy atom. The number of hydrogen-bond acceptors (Lipinski definition) is 8. The standard InChI is InChI=1S/C43H55N9O6/c1-24(2)36(48-42(55)58-7)40(53)51-16-8-10-34(51)38-44-20-32(46-38)26-12-14-30-28(18-26)22-49(5)23-29-19-27(13-15-31(29)30)33-21-45-39(47-33)35-11-9-17-52(35)41(54)37(25(3)4)50(6)43(56)57/h12-15,18-21,24-25,34-37H,8-11,16-17,22-23H2,1-7H3,(H,44,46)(H,45,47)(H,48,55)(H,56,57)/t34?,35-,36-,37-/m0/s1. The minimum atomic E-state index is -1.12. The van der Waals surface area contributed by atoms with E-state index in [2.05, 4.69) is 63.6 Å². The number of aromatic nitrogens is 4. The van der Waals surface area contributed by atoms with E-state index in [1.54, 1.807) is 4.90 Å². The molecule has 0 bridgehead atoms. The quantitative estimate of drug-likeness (QED) is 0.141. The zero-order valence-electron chi connectivity index (χ0n) is 34.4. The van der Waals surface area contributed by atoms with Gasteiger partial charge in [0.2, 0.25) is 11.8 Å². The van der Waals surface area contributed by atoms with Crippen LogP contribution >= 0.6 is 0 Å². The number of aromatic amines is 2. The molecule has 0 spiro atoms. The number of likely N-dealkylation sites (N-methyl/N-ethyl adjacent to an activating group) is 1. The molecule has 2 fully saturated rings. The van der Waals surface area contributed by atoms with E-state index in [1.807, 2.05) is 45.0 Å². The van der Waals surface area contributed by atoms with Crippen LogP contribution in [-0.4, -0.2) is 115 Å².